The zero-order valence-corrected chi connectivity index (χ0v) is 19.4. The molecule has 2 aliphatic heterocycles. The van der Waals surface area contributed by atoms with E-state index in [1.807, 2.05) is 0 Å². The van der Waals surface area contributed by atoms with Crippen molar-refractivity contribution in [1.29, 1.82) is 0 Å². The van der Waals surface area contributed by atoms with Crippen LogP contribution in [0.4, 0.5) is 4.39 Å². The van der Waals surface area contributed by atoms with Crippen molar-refractivity contribution in [1.82, 2.24) is 33.8 Å². The molecule has 2 saturated heterocycles. The van der Waals surface area contributed by atoms with Crippen molar-refractivity contribution < 1.29 is 13.9 Å². The lowest BCUT2D eigenvalue weighted by Gasteiger charge is -2.24. The Balaban J connectivity index is 1.48. The van der Waals surface area contributed by atoms with E-state index < -0.39 is 5.82 Å². The maximum absolute atomic E-state index is 14.2. The Bertz CT molecular complexity index is 1480. The lowest BCUT2D eigenvalue weighted by molar-refractivity contribution is -0.129. The molecule has 1 amide bonds. The molecule has 0 spiro atoms. The summed E-state index contributed by atoms with van der Waals surface area (Å²) in [5.74, 6) is -0.0749. The molecule has 4 aromatic rings. The monoisotopic (exact) mass is 479 g/mol. The van der Waals surface area contributed by atoms with Gasteiger partial charge in [0.05, 0.1) is 35.9 Å². The summed E-state index contributed by atoms with van der Waals surface area (Å²) >= 11 is 0. The van der Waals surface area contributed by atoms with Gasteiger partial charge in [-0.05, 0) is 50.3 Å². The number of hydrogen-bond acceptors (Lipinski definition) is 6. The lowest BCUT2D eigenvalue weighted by Crippen LogP contribution is -2.32. The molecule has 0 bridgehead atoms. The molecular formula is C24H26FN7O3. The summed E-state index contributed by atoms with van der Waals surface area (Å²) < 4.78 is 24.8. The summed E-state index contributed by atoms with van der Waals surface area (Å²) in [5, 5.41) is 8.55. The van der Waals surface area contributed by atoms with E-state index in [0.29, 0.717) is 47.8 Å². The van der Waals surface area contributed by atoms with Gasteiger partial charge in [-0.25, -0.2) is 9.37 Å². The fourth-order valence-corrected chi connectivity index (χ4v) is 5.36. The van der Waals surface area contributed by atoms with E-state index in [2.05, 4.69) is 15.3 Å². The Labute approximate surface area is 199 Å². The summed E-state index contributed by atoms with van der Waals surface area (Å²) in [6.45, 7) is 3.24. The zero-order valence-electron chi connectivity index (χ0n) is 19.4. The minimum atomic E-state index is -0.414. The van der Waals surface area contributed by atoms with Crippen molar-refractivity contribution in [3.63, 3.8) is 0 Å². The third-order valence-electron chi connectivity index (χ3n) is 7.07. The van der Waals surface area contributed by atoms with Crippen LogP contribution in [0.5, 0.6) is 0 Å². The highest BCUT2D eigenvalue weighted by Gasteiger charge is 2.31. The predicted octanol–water partition coefficient (Wildman–Crippen LogP) is 2.62. The van der Waals surface area contributed by atoms with Gasteiger partial charge in [0.1, 0.15) is 17.8 Å². The van der Waals surface area contributed by atoms with Crippen molar-refractivity contribution >= 4 is 22.5 Å². The van der Waals surface area contributed by atoms with Crippen LogP contribution in [0.15, 0.2) is 35.5 Å². The molecule has 5 heterocycles. The minimum absolute atomic E-state index is 0.000936. The second-order valence-electron chi connectivity index (χ2n) is 9.28. The standard InChI is InChI=1S/C24H26FN7O3/c1-15(33)29-9-4-6-19(29)18-13-32(28-27-18)23-22-24(34)30(12-17-5-2-3-10-35-17)21-11-16(25)7-8-20(21)31(22)14-26-23/h7-8,11,13-14,17,19H,2-6,9-10,12H2,1H3. The second-order valence-corrected chi connectivity index (χ2v) is 9.28. The number of benzene rings is 1. The van der Waals surface area contributed by atoms with Crippen molar-refractivity contribution in [3.8, 4) is 5.82 Å². The molecule has 11 heteroatoms. The molecule has 35 heavy (non-hydrogen) atoms. The highest BCUT2D eigenvalue weighted by molar-refractivity contribution is 5.81. The molecule has 3 aromatic heterocycles. The molecule has 2 aliphatic rings. The number of carbonyl (C=O) groups is 1. The molecule has 0 N–H and O–H groups in total. The molecule has 0 radical (unpaired) electrons. The molecule has 2 atom stereocenters. The van der Waals surface area contributed by atoms with Crippen LogP contribution < -0.4 is 5.56 Å². The molecule has 182 valence electrons. The summed E-state index contributed by atoms with van der Waals surface area (Å²) in [6.07, 6.45) is 7.77. The van der Waals surface area contributed by atoms with Gasteiger partial charge in [0.15, 0.2) is 11.3 Å². The van der Waals surface area contributed by atoms with E-state index in [9.17, 15) is 14.0 Å². The van der Waals surface area contributed by atoms with Crippen LogP contribution in [-0.2, 0) is 16.1 Å². The van der Waals surface area contributed by atoms with Gasteiger partial charge in [-0.2, -0.15) is 4.68 Å². The highest BCUT2D eigenvalue weighted by atomic mass is 19.1. The average molecular weight is 480 g/mol. The van der Waals surface area contributed by atoms with Crippen LogP contribution in [0.2, 0.25) is 0 Å². The number of aromatic nitrogens is 6. The quantitative estimate of drug-likeness (QED) is 0.446. The van der Waals surface area contributed by atoms with Crippen LogP contribution in [0, 0.1) is 5.82 Å². The van der Waals surface area contributed by atoms with Crippen LogP contribution in [0.3, 0.4) is 0 Å². The molecule has 1 aromatic carbocycles. The number of amides is 1. The van der Waals surface area contributed by atoms with Gasteiger partial charge in [0, 0.05) is 20.1 Å². The summed E-state index contributed by atoms with van der Waals surface area (Å²) in [4.78, 5) is 32.1. The Morgan fingerprint density at radius 2 is 2.09 bits per heavy atom. The van der Waals surface area contributed by atoms with Gasteiger partial charge in [-0.3, -0.25) is 14.0 Å². The van der Waals surface area contributed by atoms with Crippen LogP contribution >= 0.6 is 0 Å². The first kappa shape index (κ1) is 21.9. The Kier molecular flexibility index (Phi) is 5.36. The highest BCUT2D eigenvalue weighted by Crippen LogP contribution is 2.31. The maximum Gasteiger partial charge on any atom is 0.279 e. The van der Waals surface area contributed by atoms with Gasteiger partial charge >= 0.3 is 0 Å². The fraction of sp³-hybridized carbons (Fsp3) is 0.458. The maximum atomic E-state index is 14.2. The first-order chi connectivity index (χ1) is 17.0. The number of nitrogens with zero attached hydrogens (tertiary/aromatic N) is 7. The summed E-state index contributed by atoms with van der Waals surface area (Å²) in [6, 6.07) is 4.26. The molecule has 2 fully saturated rings. The van der Waals surface area contributed by atoms with Crippen molar-refractivity contribution in [3.05, 3.63) is 52.6 Å². The van der Waals surface area contributed by atoms with Gasteiger partial charge < -0.3 is 14.2 Å². The third-order valence-corrected chi connectivity index (χ3v) is 7.07. The molecule has 0 saturated carbocycles. The topological polar surface area (TPSA) is 99.6 Å². The second kappa shape index (κ2) is 8.56. The van der Waals surface area contributed by atoms with E-state index in [1.165, 1.54) is 16.8 Å². The number of hydrogen-bond donors (Lipinski definition) is 0. The van der Waals surface area contributed by atoms with Crippen molar-refractivity contribution in [2.75, 3.05) is 13.2 Å². The molecule has 10 nitrogen and oxygen atoms in total. The molecule has 0 aliphatic carbocycles. The number of fused-ring (bicyclic) bond motifs is 3. The largest absolute Gasteiger partial charge is 0.376 e. The number of likely N-dealkylation sites (tertiary alicyclic amines) is 1. The number of carbonyl (C=O) groups excluding carboxylic acids is 1. The Hall–Kier alpha value is -3.60. The van der Waals surface area contributed by atoms with E-state index >= 15 is 0 Å². The van der Waals surface area contributed by atoms with Crippen molar-refractivity contribution in [2.45, 2.75) is 57.7 Å². The normalized spacial score (nSPS) is 20.8. The average Bonchev–Trinajstić information content (AvgIpc) is 3.61. The van der Waals surface area contributed by atoms with E-state index in [-0.39, 0.29) is 23.6 Å². The van der Waals surface area contributed by atoms with Crippen LogP contribution in [-0.4, -0.2) is 59.0 Å². The lowest BCUT2D eigenvalue weighted by atomic mass is 10.1. The molecule has 2 unspecified atom stereocenters. The minimum Gasteiger partial charge on any atom is -0.376 e. The first-order valence-corrected chi connectivity index (χ1v) is 12.0. The summed E-state index contributed by atoms with van der Waals surface area (Å²) in [5.41, 5.74) is 1.84. The van der Waals surface area contributed by atoms with Gasteiger partial charge in [-0.1, -0.05) is 5.21 Å². The Morgan fingerprint density at radius 3 is 2.89 bits per heavy atom. The van der Waals surface area contributed by atoms with E-state index in [1.54, 1.807) is 39.4 Å². The van der Waals surface area contributed by atoms with E-state index in [0.717, 1.165) is 32.1 Å². The van der Waals surface area contributed by atoms with Gasteiger partial charge in [0.25, 0.3) is 5.56 Å². The molecular weight excluding hydrogens is 453 g/mol. The SMILES string of the molecule is CC(=O)N1CCCC1c1cn(-c2ncn3c2c(=O)n(CC2CCCCO2)c2cc(F)ccc23)nn1. The van der Waals surface area contributed by atoms with Crippen LogP contribution in [0.1, 0.15) is 50.8 Å². The smallest absolute Gasteiger partial charge is 0.279 e. The van der Waals surface area contributed by atoms with Gasteiger partial charge in [0.2, 0.25) is 5.91 Å². The first-order valence-electron chi connectivity index (χ1n) is 12.0. The Morgan fingerprint density at radius 1 is 1.20 bits per heavy atom. The van der Waals surface area contributed by atoms with E-state index in [4.69, 9.17) is 4.74 Å². The predicted molar refractivity (Wildman–Crippen MR) is 125 cm³/mol. The number of rotatable bonds is 4. The van der Waals surface area contributed by atoms with Gasteiger partial charge in [-0.15, -0.1) is 5.10 Å². The number of halogens is 1. The number of ether oxygens (including phenoxy) is 1. The molecule has 6 rings (SSSR count). The number of imidazole rings is 1. The van der Waals surface area contributed by atoms with Crippen LogP contribution in [0.25, 0.3) is 22.4 Å². The van der Waals surface area contributed by atoms with Crippen molar-refractivity contribution in [2.24, 2.45) is 0 Å². The summed E-state index contributed by atoms with van der Waals surface area (Å²) in [7, 11) is 0. The zero-order chi connectivity index (χ0) is 24.1. The fourth-order valence-electron chi connectivity index (χ4n) is 5.36. The third kappa shape index (κ3) is 3.70.